The van der Waals surface area contributed by atoms with Crippen LogP contribution in [0.3, 0.4) is 0 Å². The second-order valence-corrected chi connectivity index (χ2v) is 6.21. The lowest BCUT2D eigenvalue weighted by molar-refractivity contribution is -0.122. The molecule has 0 atom stereocenters. The van der Waals surface area contributed by atoms with Gasteiger partial charge in [0.2, 0.25) is 5.91 Å². The van der Waals surface area contributed by atoms with Crippen molar-refractivity contribution in [2.45, 2.75) is 25.8 Å². The number of hydrogen-bond donors (Lipinski definition) is 1. The van der Waals surface area contributed by atoms with Gasteiger partial charge in [-0.1, -0.05) is 0 Å². The molecule has 0 unspecified atom stereocenters. The highest BCUT2D eigenvalue weighted by Crippen LogP contribution is 2.19. The van der Waals surface area contributed by atoms with Crippen LogP contribution in [-0.2, 0) is 4.79 Å². The van der Waals surface area contributed by atoms with Gasteiger partial charge in [-0.25, -0.2) is 0 Å². The minimum Gasteiger partial charge on any atom is -0.369 e. The number of piperazine rings is 1. The largest absolute Gasteiger partial charge is 0.369 e. The summed E-state index contributed by atoms with van der Waals surface area (Å²) in [7, 11) is 0. The molecule has 1 amide bonds. The van der Waals surface area contributed by atoms with Gasteiger partial charge in [0.25, 0.3) is 0 Å². The molecule has 3 rings (SSSR count). The fourth-order valence-electron chi connectivity index (χ4n) is 2.78. The van der Waals surface area contributed by atoms with Crippen LogP contribution in [-0.4, -0.2) is 55.4 Å². The second kappa shape index (κ2) is 6.48. The molecule has 5 nitrogen and oxygen atoms in total. The first-order valence-corrected chi connectivity index (χ1v) is 7.99. The Morgan fingerprint density at radius 2 is 1.73 bits per heavy atom. The first kappa shape index (κ1) is 15.0. The number of Topliss-reactive ketones (excluding diaryl/α,β-unsaturated/α-hetero) is 1. The zero-order chi connectivity index (χ0) is 15.5. The fourth-order valence-corrected chi connectivity index (χ4v) is 2.78. The first-order chi connectivity index (χ1) is 10.6. The number of anilines is 1. The van der Waals surface area contributed by atoms with E-state index >= 15 is 0 Å². The molecule has 5 heteroatoms. The quantitative estimate of drug-likeness (QED) is 0.833. The van der Waals surface area contributed by atoms with Gasteiger partial charge in [-0.2, -0.15) is 0 Å². The zero-order valence-electron chi connectivity index (χ0n) is 13.0. The van der Waals surface area contributed by atoms with Gasteiger partial charge < -0.3 is 10.2 Å². The Morgan fingerprint density at radius 1 is 1.09 bits per heavy atom. The normalized spacial score (nSPS) is 19.0. The van der Waals surface area contributed by atoms with E-state index in [4.69, 9.17) is 0 Å². The summed E-state index contributed by atoms with van der Waals surface area (Å²) in [6, 6.07) is 8.21. The minimum absolute atomic E-state index is 0.0954. The Morgan fingerprint density at radius 3 is 2.27 bits per heavy atom. The van der Waals surface area contributed by atoms with Gasteiger partial charge in [-0.05, 0) is 44.0 Å². The van der Waals surface area contributed by atoms with Crippen molar-refractivity contribution >= 4 is 17.4 Å². The molecule has 1 saturated carbocycles. The van der Waals surface area contributed by atoms with Gasteiger partial charge in [0.05, 0.1) is 6.54 Å². The van der Waals surface area contributed by atoms with Crippen LogP contribution in [0.5, 0.6) is 0 Å². The van der Waals surface area contributed by atoms with Gasteiger partial charge in [0, 0.05) is 43.5 Å². The average molecular weight is 301 g/mol. The fraction of sp³-hybridized carbons (Fsp3) is 0.529. The average Bonchev–Trinajstić information content (AvgIpc) is 3.32. The summed E-state index contributed by atoms with van der Waals surface area (Å²) in [5, 5.41) is 3.03. The minimum atomic E-state index is 0.0954. The number of carbonyl (C=O) groups is 2. The third-order valence-corrected chi connectivity index (χ3v) is 4.32. The van der Waals surface area contributed by atoms with Gasteiger partial charge in [-0.3, -0.25) is 14.5 Å². The number of hydrogen-bond acceptors (Lipinski definition) is 4. The molecule has 1 saturated heterocycles. The Kier molecular flexibility index (Phi) is 4.43. The van der Waals surface area contributed by atoms with Crippen LogP contribution in [0.1, 0.15) is 30.1 Å². The summed E-state index contributed by atoms with van der Waals surface area (Å²) in [6.45, 7) is 5.71. The zero-order valence-corrected chi connectivity index (χ0v) is 13.0. The van der Waals surface area contributed by atoms with E-state index in [1.807, 2.05) is 24.3 Å². The summed E-state index contributed by atoms with van der Waals surface area (Å²) < 4.78 is 0. The van der Waals surface area contributed by atoms with Crippen LogP contribution >= 0.6 is 0 Å². The Balaban J connectivity index is 1.48. The van der Waals surface area contributed by atoms with Crippen LogP contribution in [0.15, 0.2) is 24.3 Å². The van der Waals surface area contributed by atoms with Gasteiger partial charge in [0.1, 0.15) is 0 Å². The van der Waals surface area contributed by atoms with Crippen molar-refractivity contribution in [1.29, 1.82) is 0 Å². The lowest BCUT2D eigenvalue weighted by atomic mass is 10.1. The molecule has 22 heavy (non-hydrogen) atoms. The van der Waals surface area contributed by atoms with Crippen LogP contribution in [0.2, 0.25) is 0 Å². The predicted molar refractivity (Wildman–Crippen MR) is 86.3 cm³/mol. The number of rotatable bonds is 5. The lowest BCUT2D eigenvalue weighted by Gasteiger charge is -2.35. The maximum Gasteiger partial charge on any atom is 0.234 e. The monoisotopic (exact) mass is 301 g/mol. The Bertz CT molecular complexity index is 544. The van der Waals surface area contributed by atoms with Crippen LogP contribution in [0.25, 0.3) is 0 Å². The maximum absolute atomic E-state index is 11.8. The highest BCUT2D eigenvalue weighted by molar-refractivity contribution is 5.94. The van der Waals surface area contributed by atoms with Crippen molar-refractivity contribution in [3.05, 3.63) is 29.8 Å². The molecule has 1 aliphatic carbocycles. The number of amides is 1. The number of benzene rings is 1. The number of nitrogens with one attached hydrogen (secondary N) is 1. The van der Waals surface area contributed by atoms with E-state index in [9.17, 15) is 9.59 Å². The molecule has 0 spiro atoms. The van der Waals surface area contributed by atoms with E-state index in [-0.39, 0.29) is 11.7 Å². The molecule has 0 radical (unpaired) electrons. The van der Waals surface area contributed by atoms with Crippen LogP contribution in [0.4, 0.5) is 5.69 Å². The molecular weight excluding hydrogens is 278 g/mol. The molecule has 1 aliphatic heterocycles. The number of nitrogens with zero attached hydrogens (tertiary/aromatic N) is 2. The Hall–Kier alpha value is -1.88. The first-order valence-electron chi connectivity index (χ1n) is 7.99. The molecule has 2 fully saturated rings. The van der Waals surface area contributed by atoms with Gasteiger partial charge in [0.15, 0.2) is 5.78 Å². The van der Waals surface area contributed by atoms with Crippen molar-refractivity contribution in [1.82, 2.24) is 10.2 Å². The van der Waals surface area contributed by atoms with Crippen molar-refractivity contribution in [2.24, 2.45) is 0 Å². The molecule has 0 bridgehead atoms. The van der Waals surface area contributed by atoms with E-state index < -0.39 is 0 Å². The Labute approximate surface area is 131 Å². The molecule has 0 aromatic heterocycles. The van der Waals surface area contributed by atoms with E-state index in [0.717, 1.165) is 50.3 Å². The number of ketones is 1. The van der Waals surface area contributed by atoms with Gasteiger partial charge in [-0.15, -0.1) is 0 Å². The van der Waals surface area contributed by atoms with Gasteiger partial charge >= 0.3 is 0 Å². The van der Waals surface area contributed by atoms with Crippen molar-refractivity contribution in [3.63, 3.8) is 0 Å². The summed E-state index contributed by atoms with van der Waals surface area (Å²) in [5.41, 5.74) is 1.89. The third-order valence-electron chi connectivity index (χ3n) is 4.32. The van der Waals surface area contributed by atoms with E-state index in [0.29, 0.717) is 12.6 Å². The molecule has 1 aromatic rings. The van der Waals surface area contributed by atoms with Crippen LogP contribution in [0, 0.1) is 0 Å². The lowest BCUT2D eigenvalue weighted by Crippen LogP contribution is -2.49. The molecule has 1 heterocycles. The highest BCUT2D eigenvalue weighted by Gasteiger charge is 2.25. The molecule has 118 valence electrons. The molecule has 1 aromatic carbocycles. The maximum atomic E-state index is 11.8. The third kappa shape index (κ3) is 3.85. The molecule has 1 N–H and O–H groups in total. The standard InChI is InChI=1S/C17H23N3O2/c1-13(21)14-2-6-16(7-3-14)20-10-8-19(9-11-20)12-17(22)18-15-4-5-15/h2-3,6-7,15H,4-5,8-12H2,1H3,(H,18,22). The SMILES string of the molecule is CC(=O)c1ccc(N2CCN(CC(=O)NC3CC3)CC2)cc1. The second-order valence-electron chi connectivity index (χ2n) is 6.21. The summed E-state index contributed by atoms with van der Waals surface area (Å²) in [5.74, 6) is 0.250. The summed E-state index contributed by atoms with van der Waals surface area (Å²) >= 11 is 0. The van der Waals surface area contributed by atoms with Crippen LogP contribution < -0.4 is 10.2 Å². The summed E-state index contributed by atoms with van der Waals surface area (Å²) in [6.07, 6.45) is 2.27. The predicted octanol–water partition coefficient (Wildman–Crippen LogP) is 1.29. The van der Waals surface area contributed by atoms with E-state index in [1.54, 1.807) is 6.92 Å². The summed E-state index contributed by atoms with van der Waals surface area (Å²) in [4.78, 5) is 27.6. The van der Waals surface area contributed by atoms with E-state index in [1.165, 1.54) is 0 Å². The molecular formula is C17H23N3O2. The van der Waals surface area contributed by atoms with Crippen molar-refractivity contribution in [2.75, 3.05) is 37.6 Å². The highest BCUT2D eigenvalue weighted by atomic mass is 16.2. The smallest absolute Gasteiger partial charge is 0.234 e. The molecule has 2 aliphatic rings. The number of carbonyl (C=O) groups excluding carboxylic acids is 2. The van der Waals surface area contributed by atoms with Crippen molar-refractivity contribution in [3.8, 4) is 0 Å². The topological polar surface area (TPSA) is 52.7 Å². The van der Waals surface area contributed by atoms with Crippen molar-refractivity contribution < 1.29 is 9.59 Å². The van der Waals surface area contributed by atoms with E-state index in [2.05, 4.69) is 15.1 Å².